The van der Waals surface area contributed by atoms with Crippen molar-refractivity contribution in [2.45, 2.75) is 45.0 Å². The zero-order chi connectivity index (χ0) is 14.6. The number of likely N-dealkylation sites (tertiary alicyclic amines) is 1. The summed E-state index contributed by atoms with van der Waals surface area (Å²) in [5, 5.41) is 5.04. The number of carbonyl (C=O) groups is 2. The molecule has 2 atom stereocenters. The van der Waals surface area contributed by atoms with E-state index in [1.807, 2.05) is 0 Å². The molecule has 0 spiro atoms. The maximum absolute atomic E-state index is 13.6. The van der Waals surface area contributed by atoms with Gasteiger partial charge in [0.25, 0.3) is 0 Å². The Morgan fingerprint density at radius 1 is 1.32 bits per heavy atom. The smallest absolute Gasteiger partial charge is 0.407 e. The van der Waals surface area contributed by atoms with Crippen molar-refractivity contribution in [1.82, 2.24) is 15.5 Å². The van der Waals surface area contributed by atoms with E-state index in [9.17, 15) is 14.0 Å². The van der Waals surface area contributed by atoms with E-state index in [0.29, 0.717) is 0 Å². The predicted octanol–water partition coefficient (Wildman–Crippen LogP) is 1.26. The second kappa shape index (κ2) is 6.08. The second-order valence-electron chi connectivity index (χ2n) is 5.64. The highest BCUT2D eigenvalue weighted by atomic mass is 19.1. The third kappa shape index (κ3) is 5.32. The van der Waals surface area contributed by atoms with Gasteiger partial charge < -0.3 is 20.3 Å². The minimum Gasteiger partial charge on any atom is -0.444 e. The molecule has 0 unspecified atom stereocenters. The van der Waals surface area contributed by atoms with Crippen LogP contribution in [0.4, 0.5) is 14.0 Å². The van der Waals surface area contributed by atoms with Crippen molar-refractivity contribution in [1.29, 1.82) is 0 Å². The summed E-state index contributed by atoms with van der Waals surface area (Å²) in [6.45, 7) is 5.58. The number of nitrogens with one attached hydrogen (secondary N) is 2. The summed E-state index contributed by atoms with van der Waals surface area (Å²) in [6.07, 6.45) is -1.55. The fraction of sp³-hybridized carbons (Fsp3) is 0.833. The highest BCUT2D eigenvalue weighted by Gasteiger charge is 2.31. The topological polar surface area (TPSA) is 70.7 Å². The average molecular weight is 275 g/mol. The van der Waals surface area contributed by atoms with Crippen LogP contribution in [0.1, 0.15) is 27.2 Å². The van der Waals surface area contributed by atoms with Crippen LogP contribution in [-0.4, -0.2) is 55.0 Å². The van der Waals surface area contributed by atoms with Gasteiger partial charge in [0.05, 0.1) is 12.6 Å². The Balaban J connectivity index is 2.53. The van der Waals surface area contributed by atoms with E-state index < -0.39 is 23.9 Å². The number of piperidine rings is 1. The number of hydrogen-bond acceptors (Lipinski definition) is 3. The first kappa shape index (κ1) is 15.5. The molecule has 1 rings (SSSR count). The van der Waals surface area contributed by atoms with Gasteiger partial charge in [0.15, 0.2) is 0 Å². The van der Waals surface area contributed by atoms with Crippen LogP contribution < -0.4 is 10.6 Å². The highest BCUT2D eigenvalue weighted by molar-refractivity contribution is 5.74. The predicted molar refractivity (Wildman–Crippen MR) is 68.7 cm³/mol. The number of alkyl halides is 1. The Kier molecular flexibility index (Phi) is 4.97. The molecule has 0 aliphatic carbocycles. The summed E-state index contributed by atoms with van der Waals surface area (Å²) in [4.78, 5) is 24.4. The Morgan fingerprint density at radius 2 is 1.95 bits per heavy atom. The molecule has 1 aliphatic heterocycles. The molecule has 110 valence electrons. The van der Waals surface area contributed by atoms with E-state index in [-0.39, 0.29) is 25.5 Å². The number of rotatable bonds is 1. The lowest BCUT2D eigenvalue weighted by molar-refractivity contribution is 0.0450. The molecule has 7 heteroatoms. The molecular weight excluding hydrogens is 253 g/mol. The molecule has 0 aromatic carbocycles. The average Bonchev–Trinajstić information content (AvgIpc) is 2.24. The number of halogens is 1. The lowest BCUT2D eigenvalue weighted by Crippen LogP contribution is -2.55. The number of ether oxygens (including phenoxy) is 1. The number of urea groups is 1. The van der Waals surface area contributed by atoms with Crippen molar-refractivity contribution in [2.24, 2.45) is 0 Å². The summed E-state index contributed by atoms with van der Waals surface area (Å²) in [5.74, 6) is 0. The summed E-state index contributed by atoms with van der Waals surface area (Å²) in [6, 6.07) is -0.783. The van der Waals surface area contributed by atoms with Gasteiger partial charge in [-0.1, -0.05) is 0 Å². The van der Waals surface area contributed by atoms with Gasteiger partial charge in [-0.2, -0.15) is 0 Å². The summed E-state index contributed by atoms with van der Waals surface area (Å²) >= 11 is 0. The zero-order valence-electron chi connectivity index (χ0n) is 11.8. The van der Waals surface area contributed by atoms with Gasteiger partial charge in [-0.3, -0.25) is 0 Å². The zero-order valence-corrected chi connectivity index (χ0v) is 11.8. The van der Waals surface area contributed by atoms with Crippen LogP contribution >= 0.6 is 0 Å². The molecule has 1 saturated heterocycles. The van der Waals surface area contributed by atoms with Crippen molar-refractivity contribution in [3.63, 3.8) is 0 Å². The SMILES string of the molecule is CNC(=O)N1C[C@@H](F)C[C@@H](NC(=O)OC(C)(C)C)C1. The molecule has 0 aromatic rings. The van der Waals surface area contributed by atoms with Crippen LogP contribution in [0.5, 0.6) is 0 Å². The Bertz CT molecular complexity index is 344. The third-order valence-electron chi connectivity index (χ3n) is 2.62. The first-order valence-electron chi connectivity index (χ1n) is 6.31. The second-order valence-corrected chi connectivity index (χ2v) is 5.64. The van der Waals surface area contributed by atoms with Crippen LogP contribution in [0.2, 0.25) is 0 Å². The van der Waals surface area contributed by atoms with E-state index in [2.05, 4.69) is 10.6 Å². The number of carbonyl (C=O) groups excluding carboxylic acids is 2. The Morgan fingerprint density at radius 3 is 2.47 bits per heavy atom. The van der Waals surface area contributed by atoms with Gasteiger partial charge in [-0.25, -0.2) is 14.0 Å². The van der Waals surface area contributed by atoms with Gasteiger partial charge >= 0.3 is 12.1 Å². The standard InChI is InChI=1S/C12H22FN3O3/c1-12(2,3)19-11(18)15-9-5-8(13)6-16(7-9)10(17)14-4/h8-9H,5-7H2,1-4H3,(H,14,17)(H,15,18)/t8-,9+/m0/s1. The van der Waals surface area contributed by atoms with Crippen LogP contribution in [0, 0.1) is 0 Å². The van der Waals surface area contributed by atoms with Gasteiger partial charge in [-0.15, -0.1) is 0 Å². The molecule has 0 bridgehead atoms. The fourth-order valence-corrected chi connectivity index (χ4v) is 1.94. The van der Waals surface area contributed by atoms with E-state index in [0.717, 1.165) is 0 Å². The van der Waals surface area contributed by atoms with Gasteiger partial charge in [-0.05, 0) is 20.8 Å². The number of amides is 3. The molecule has 1 heterocycles. The lowest BCUT2D eigenvalue weighted by Gasteiger charge is -2.35. The quantitative estimate of drug-likeness (QED) is 0.757. The van der Waals surface area contributed by atoms with Crippen molar-refractivity contribution in [3.8, 4) is 0 Å². The summed E-state index contributed by atoms with van der Waals surface area (Å²) in [7, 11) is 1.49. The van der Waals surface area contributed by atoms with Gasteiger partial charge in [0, 0.05) is 20.0 Å². The van der Waals surface area contributed by atoms with Crippen LogP contribution in [-0.2, 0) is 4.74 Å². The van der Waals surface area contributed by atoms with Crippen molar-refractivity contribution in [2.75, 3.05) is 20.1 Å². The van der Waals surface area contributed by atoms with E-state index in [1.54, 1.807) is 20.8 Å². The fourth-order valence-electron chi connectivity index (χ4n) is 1.94. The first-order valence-corrected chi connectivity index (χ1v) is 6.31. The van der Waals surface area contributed by atoms with Crippen LogP contribution in [0.15, 0.2) is 0 Å². The monoisotopic (exact) mass is 275 g/mol. The Labute approximate surface area is 112 Å². The van der Waals surface area contributed by atoms with E-state index >= 15 is 0 Å². The number of nitrogens with zero attached hydrogens (tertiary/aromatic N) is 1. The normalized spacial score (nSPS) is 23.7. The molecule has 2 N–H and O–H groups in total. The molecule has 0 aromatic heterocycles. The number of alkyl carbamates (subject to hydrolysis) is 1. The molecule has 1 fully saturated rings. The number of hydrogen-bond donors (Lipinski definition) is 2. The van der Waals surface area contributed by atoms with Gasteiger partial charge in [0.2, 0.25) is 0 Å². The van der Waals surface area contributed by atoms with Crippen molar-refractivity contribution >= 4 is 12.1 Å². The molecule has 1 aliphatic rings. The molecule has 19 heavy (non-hydrogen) atoms. The van der Waals surface area contributed by atoms with Crippen molar-refractivity contribution in [3.05, 3.63) is 0 Å². The molecule has 6 nitrogen and oxygen atoms in total. The van der Waals surface area contributed by atoms with Gasteiger partial charge in [0.1, 0.15) is 11.8 Å². The highest BCUT2D eigenvalue weighted by Crippen LogP contribution is 2.15. The minimum absolute atomic E-state index is 0.0478. The summed E-state index contributed by atoms with van der Waals surface area (Å²) in [5.41, 5.74) is -0.603. The first-order chi connectivity index (χ1) is 8.71. The minimum atomic E-state index is -1.15. The molecule has 3 amide bonds. The largest absolute Gasteiger partial charge is 0.444 e. The maximum atomic E-state index is 13.6. The van der Waals surface area contributed by atoms with E-state index in [1.165, 1.54) is 11.9 Å². The van der Waals surface area contributed by atoms with Crippen molar-refractivity contribution < 1.29 is 18.7 Å². The van der Waals surface area contributed by atoms with E-state index in [4.69, 9.17) is 4.74 Å². The molecular formula is C12H22FN3O3. The molecule has 0 radical (unpaired) electrons. The lowest BCUT2D eigenvalue weighted by atomic mass is 10.0. The maximum Gasteiger partial charge on any atom is 0.407 e. The van der Waals surface area contributed by atoms with Crippen LogP contribution in [0.25, 0.3) is 0 Å². The Hall–Kier alpha value is -1.53. The summed E-state index contributed by atoms with van der Waals surface area (Å²) < 4.78 is 18.7. The molecule has 0 saturated carbocycles. The van der Waals surface area contributed by atoms with Crippen LogP contribution in [0.3, 0.4) is 0 Å². The third-order valence-corrected chi connectivity index (χ3v) is 2.62.